The second kappa shape index (κ2) is 9.20. The predicted molar refractivity (Wildman–Crippen MR) is 76.9 cm³/mol. The van der Waals surface area contributed by atoms with Gasteiger partial charge in [-0.15, -0.1) is 0 Å². The van der Waals surface area contributed by atoms with Gasteiger partial charge in [0.2, 0.25) is 0 Å². The second-order valence-electron chi connectivity index (χ2n) is 5.04. The van der Waals surface area contributed by atoms with Gasteiger partial charge in [0.25, 0.3) is 0 Å². The van der Waals surface area contributed by atoms with E-state index in [-0.39, 0.29) is 0 Å². The van der Waals surface area contributed by atoms with E-state index >= 15 is 0 Å². The lowest BCUT2D eigenvalue weighted by Gasteiger charge is -2.24. The van der Waals surface area contributed by atoms with E-state index in [2.05, 4.69) is 30.4 Å². The fourth-order valence-corrected chi connectivity index (χ4v) is 2.61. The van der Waals surface area contributed by atoms with Crippen molar-refractivity contribution in [3.8, 4) is 0 Å². The molecule has 0 aromatic carbocycles. The predicted octanol–water partition coefficient (Wildman–Crippen LogP) is 1.69. The molecular formula is C13H28N2OS. The first-order valence-electron chi connectivity index (χ1n) is 6.71. The first-order chi connectivity index (χ1) is 8.24. The highest BCUT2D eigenvalue weighted by atomic mass is 32.2. The lowest BCUT2D eigenvalue weighted by atomic mass is 10.1. The van der Waals surface area contributed by atoms with Crippen molar-refractivity contribution in [3.63, 3.8) is 0 Å². The maximum atomic E-state index is 5.37. The third kappa shape index (κ3) is 6.65. The quantitative estimate of drug-likeness (QED) is 0.638. The first-order valence-corrected chi connectivity index (χ1v) is 8.11. The molecule has 0 bridgehead atoms. The molecule has 17 heavy (non-hydrogen) atoms. The monoisotopic (exact) mass is 260 g/mol. The number of likely N-dealkylation sites (N-methyl/N-ethyl adjacent to an activating group) is 1. The Kier molecular flexibility index (Phi) is 8.27. The molecule has 0 amide bonds. The number of ether oxygens (including phenoxy) is 1. The summed E-state index contributed by atoms with van der Waals surface area (Å²) in [6.45, 7) is 7.58. The molecule has 0 spiro atoms. The molecule has 1 fully saturated rings. The van der Waals surface area contributed by atoms with E-state index in [9.17, 15) is 0 Å². The van der Waals surface area contributed by atoms with Gasteiger partial charge in [-0.1, -0.05) is 0 Å². The SMILES string of the molecule is CSCCC(C)N(C)CCNCC1CCOC1. The molecular weight excluding hydrogens is 232 g/mol. The molecule has 3 nitrogen and oxygen atoms in total. The maximum Gasteiger partial charge on any atom is 0.0507 e. The van der Waals surface area contributed by atoms with Crippen LogP contribution in [0.25, 0.3) is 0 Å². The van der Waals surface area contributed by atoms with Crippen LogP contribution in [-0.2, 0) is 4.74 Å². The molecule has 1 aliphatic rings. The fraction of sp³-hybridized carbons (Fsp3) is 1.00. The third-order valence-corrected chi connectivity index (χ3v) is 4.23. The van der Waals surface area contributed by atoms with Crippen molar-refractivity contribution in [1.29, 1.82) is 0 Å². The summed E-state index contributed by atoms with van der Waals surface area (Å²) in [6, 6.07) is 0.694. The van der Waals surface area contributed by atoms with Crippen LogP contribution in [0.2, 0.25) is 0 Å². The number of thioether (sulfide) groups is 1. The Bertz CT molecular complexity index is 186. The molecule has 0 saturated carbocycles. The molecule has 0 aliphatic carbocycles. The van der Waals surface area contributed by atoms with E-state index in [1.54, 1.807) is 0 Å². The van der Waals surface area contributed by atoms with Gasteiger partial charge in [-0.25, -0.2) is 0 Å². The lowest BCUT2D eigenvalue weighted by molar-refractivity contribution is 0.184. The van der Waals surface area contributed by atoms with E-state index in [1.165, 1.54) is 18.6 Å². The zero-order valence-electron chi connectivity index (χ0n) is 11.6. The van der Waals surface area contributed by atoms with Gasteiger partial charge in [0.15, 0.2) is 0 Å². The highest BCUT2D eigenvalue weighted by Gasteiger charge is 2.14. The zero-order chi connectivity index (χ0) is 12.5. The van der Waals surface area contributed by atoms with E-state index in [1.807, 2.05) is 11.8 Å². The summed E-state index contributed by atoms with van der Waals surface area (Å²) in [7, 11) is 2.23. The van der Waals surface area contributed by atoms with E-state index in [4.69, 9.17) is 4.74 Å². The van der Waals surface area contributed by atoms with Crippen LogP contribution >= 0.6 is 11.8 Å². The fourth-order valence-electron chi connectivity index (χ4n) is 2.04. The smallest absolute Gasteiger partial charge is 0.0507 e. The molecule has 1 aliphatic heterocycles. The minimum Gasteiger partial charge on any atom is -0.381 e. The van der Waals surface area contributed by atoms with E-state index < -0.39 is 0 Å². The highest BCUT2D eigenvalue weighted by molar-refractivity contribution is 7.98. The van der Waals surface area contributed by atoms with Crippen LogP contribution in [0, 0.1) is 5.92 Å². The van der Waals surface area contributed by atoms with Crippen molar-refractivity contribution in [1.82, 2.24) is 10.2 Å². The normalized spacial score (nSPS) is 22.2. The molecule has 1 rings (SSSR count). The van der Waals surface area contributed by atoms with Gasteiger partial charge in [0.1, 0.15) is 0 Å². The Balaban J connectivity index is 1.96. The van der Waals surface area contributed by atoms with Crippen molar-refractivity contribution < 1.29 is 4.74 Å². The number of rotatable bonds is 9. The summed E-state index contributed by atoms with van der Waals surface area (Å²) in [5.41, 5.74) is 0. The van der Waals surface area contributed by atoms with Gasteiger partial charge in [-0.2, -0.15) is 11.8 Å². The largest absolute Gasteiger partial charge is 0.381 e. The summed E-state index contributed by atoms with van der Waals surface area (Å²) < 4.78 is 5.37. The summed E-state index contributed by atoms with van der Waals surface area (Å²) in [4.78, 5) is 2.45. The Hall–Kier alpha value is 0.230. The van der Waals surface area contributed by atoms with Crippen molar-refractivity contribution in [2.24, 2.45) is 5.92 Å². The molecule has 2 atom stereocenters. The molecule has 1 N–H and O–H groups in total. The van der Waals surface area contributed by atoms with Crippen LogP contribution < -0.4 is 5.32 Å². The van der Waals surface area contributed by atoms with Gasteiger partial charge in [-0.3, -0.25) is 0 Å². The van der Waals surface area contributed by atoms with Gasteiger partial charge in [-0.05, 0) is 44.7 Å². The Morgan fingerprint density at radius 1 is 1.53 bits per heavy atom. The van der Waals surface area contributed by atoms with Gasteiger partial charge < -0.3 is 15.0 Å². The minimum absolute atomic E-state index is 0.694. The van der Waals surface area contributed by atoms with Crippen LogP contribution in [0.3, 0.4) is 0 Å². The van der Waals surface area contributed by atoms with Crippen LogP contribution in [-0.4, -0.2) is 62.8 Å². The van der Waals surface area contributed by atoms with Crippen molar-refractivity contribution in [3.05, 3.63) is 0 Å². The molecule has 0 aromatic rings. The molecule has 1 saturated heterocycles. The van der Waals surface area contributed by atoms with Gasteiger partial charge >= 0.3 is 0 Å². The Morgan fingerprint density at radius 2 is 2.35 bits per heavy atom. The Morgan fingerprint density at radius 3 is 3.00 bits per heavy atom. The highest BCUT2D eigenvalue weighted by Crippen LogP contribution is 2.10. The average Bonchev–Trinajstić information content (AvgIpc) is 2.84. The lowest BCUT2D eigenvalue weighted by Crippen LogP contribution is -2.37. The molecule has 102 valence electrons. The van der Waals surface area contributed by atoms with Crippen LogP contribution in [0.1, 0.15) is 19.8 Å². The topological polar surface area (TPSA) is 24.5 Å². The number of nitrogens with one attached hydrogen (secondary N) is 1. The third-order valence-electron chi connectivity index (χ3n) is 3.59. The summed E-state index contributed by atoms with van der Waals surface area (Å²) in [5.74, 6) is 2.01. The number of nitrogens with zero attached hydrogens (tertiary/aromatic N) is 1. The zero-order valence-corrected chi connectivity index (χ0v) is 12.4. The van der Waals surface area contributed by atoms with Crippen LogP contribution in [0.4, 0.5) is 0 Å². The summed E-state index contributed by atoms with van der Waals surface area (Å²) in [5, 5.41) is 3.54. The summed E-state index contributed by atoms with van der Waals surface area (Å²) >= 11 is 1.94. The minimum atomic E-state index is 0.694. The molecule has 0 aromatic heterocycles. The van der Waals surface area contributed by atoms with Crippen molar-refractivity contribution in [2.45, 2.75) is 25.8 Å². The molecule has 0 radical (unpaired) electrons. The van der Waals surface area contributed by atoms with E-state index in [0.717, 1.165) is 38.8 Å². The van der Waals surface area contributed by atoms with Crippen LogP contribution in [0.15, 0.2) is 0 Å². The van der Waals surface area contributed by atoms with Crippen molar-refractivity contribution in [2.75, 3.05) is 51.9 Å². The first kappa shape index (κ1) is 15.3. The molecule has 1 heterocycles. The summed E-state index contributed by atoms with van der Waals surface area (Å²) in [6.07, 6.45) is 4.69. The molecule has 4 heteroatoms. The molecule has 2 unspecified atom stereocenters. The standard InChI is InChI=1S/C13H28N2OS/c1-12(5-9-17-3)15(2)7-6-14-10-13-4-8-16-11-13/h12-14H,4-11H2,1-3H3. The number of hydrogen-bond acceptors (Lipinski definition) is 4. The van der Waals surface area contributed by atoms with Crippen molar-refractivity contribution >= 4 is 11.8 Å². The number of hydrogen-bond donors (Lipinski definition) is 1. The second-order valence-corrected chi connectivity index (χ2v) is 6.03. The Labute approximate surface area is 111 Å². The maximum absolute atomic E-state index is 5.37. The van der Waals surface area contributed by atoms with Gasteiger partial charge in [0, 0.05) is 32.3 Å². The average molecular weight is 260 g/mol. The van der Waals surface area contributed by atoms with Crippen LogP contribution in [0.5, 0.6) is 0 Å². The van der Waals surface area contributed by atoms with Gasteiger partial charge in [0.05, 0.1) is 6.61 Å². The van der Waals surface area contributed by atoms with E-state index in [0.29, 0.717) is 6.04 Å².